The van der Waals surface area contributed by atoms with E-state index in [0.717, 1.165) is 27.8 Å². The number of fused-ring (bicyclic) bond motifs is 3. The van der Waals surface area contributed by atoms with E-state index in [4.69, 9.17) is 4.74 Å². The van der Waals surface area contributed by atoms with E-state index in [1.54, 1.807) is 0 Å². The number of carbonyl (C=O) groups is 1. The van der Waals surface area contributed by atoms with Crippen LogP contribution in [0.4, 0.5) is 4.79 Å². The fraction of sp³-hybridized carbons (Fsp3) is 0.424. The Morgan fingerprint density at radius 2 is 1.32 bits per heavy atom. The van der Waals surface area contributed by atoms with Gasteiger partial charge in [0.2, 0.25) is 0 Å². The lowest BCUT2D eigenvalue weighted by molar-refractivity contribution is 0.0173. The number of benzene rings is 3. The monoisotopic (exact) mass is 515 g/mol. The van der Waals surface area contributed by atoms with E-state index >= 15 is 0 Å². The Bertz CT molecular complexity index is 1200. The predicted octanol–water partition coefficient (Wildman–Crippen LogP) is 6.99. The number of amides is 1. The molecular formula is C33H41NO4. The van der Waals surface area contributed by atoms with E-state index in [9.17, 15) is 15.0 Å². The molecule has 0 saturated heterocycles. The maximum Gasteiger partial charge on any atom is 0.407 e. The van der Waals surface area contributed by atoms with Crippen molar-refractivity contribution < 1.29 is 19.7 Å². The quantitative estimate of drug-likeness (QED) is 0.287. The molecule has 0 spiro atoms. The molecule has 0 fully saturated rings. The summed E-state index contributed by atoms with van der Waals surface area (Å²) in [6, 6.07) is 20.7. The maximum atomic E-state index is 12.6. The Morgan fingerprint density at radius 1 is 0.816 bits per heavy atom. The molecule has 38 heavy (non-hydrogen) atoms. The van der Waals surface area contributed by atoms with E-state index in [-0.39, 0.29) is 30.9 Å². The fourth-order valence-electron chi connectivity index (χ4n) is 5.49. The number of nitrogens with one attached hydrogen (secondary N) is 1. The van der Waals surface area contributed by atoms with Gasteiger partial charge in [0.1, 0.15) is 18.8 Å². The minimum atomic E-state index is -1.17. The molecule has 3 aromatic rings. The molecule has 3 aromatic carbocycles. The van der Waals surface area contributed by atoms with Gasteiger partial charge >= 0.3 is 6.09 Å². The summed E-state index contributed by atoms with van der Waals surface area (Å²) < 4.78 is 5.60. The Kier molecular flexibility index (Phi) is 8.59. The molecule has 1 aliphatic carbocycles. The highest BCUT2D eigenvalue weighted by Crippen LogP contribution is 2.44. The number of aliphatic hydroxyl groups excluding tert-OH is 2. The molecule has 0 radical (unpaired) electrons. The van der Waals surface area contributed by atoms with Gasteiger partial charge < -0.3 is 20.3 Å². The molecule has 4 rings (SSSR count). The molecule has 5 nitrogen and oxygen atoms in total. The summed E-state index contributed by atoms with van der Waals surface area (Å²) in [5.74, 6) is 0.679. The Labute approximate surface area is 226 Å². The summed E-state index contributed by atoms with van der Waals surface area (Å²) >= 11 is 0. The van der Waals surface area contributed by atoms with E-state index in [1.807, 2.05) is 24.3 Å². The zero-order chi connectivity index (χ0) is 27.6. The Hall–Kier alpha value is -3.15. The molecule has 2 unspecified atom stereocenters. The van der Waals surface area contributed by atoms with Gasteiger partial charge in [-0.1, -0.05) is 102 Å². The van der Waals surface area contributed by atoms with Crippen molar-refractivity contribution in [2.45, 2.75) is 77.4 Å². The highest BCUT2D eigenvalue weighted by atomic mass is 16.5. The van der Waals surface area contributed by atoms with Gasteiger partial charge in [-0.15, -0.1) is 0 Å². The van der Waals surface area contributed by atoms with Gasteiger partial charge in [0.25, 0.3) is 0 Å². The van der Waals surface area contributed by atoms with E-state index in [2.05, 4.69) is 83.3 Å². The highest BCUT2D eigenvalue weighted by Gasteiger charge is 2.30. The number of ether oxygens (including phenoxy) is 1. The third-order valence-electron chi connectivity index (χ3n) is 7.64. The van der Waals surface area contributed by atoms with Crippen LogP contribution in [0.5, 0.6) is 0 Å². The number of hydrogen-bond donors (Lipinski definition) is 3. The lowest BCUT2D eigenvalue weighted by Gasteiger charge is -2.28. The molecule has 0 saturated carbocycles. The van der Waals surface area contributed by atoms with Crippen molar-refractivity contribution in [3.63, 3.8) is 0 Å². The molecule has 0 heterocycles. The highest BCUT2D eigenvalue weighted by molar-refractivity contribution is 5.79. The summed E-state index contributed by atoms with van der Waals surface area (Å²) in [7, 11) is 0. The van der Waals surface area contributed by atoms with Crippen LogP contribution < -0.4 is 5.32 Å². The summed E-state index contributed by atoms with van der Waals surface area (Å²) in [6.45, 7) is 12.8. The average Bonchev–Trinajstić information content (AvgIpc) is 3.22. The van der Waals surface area contributed by atoms with Crippen LogP contribution in [-0.2, 0) is 4.74 Å². The average molecular weight is 516 g/mol. The topological polar surface area (TPSA) is 78.8 Å². The zero-order valence-electron chi connectivity index (χ0n) is 23.4. The number of rotatable bonds is 9. The first-order valence-corrected chi connectivity index (χ1v) is 13.7. The second-order valence-corrected chi connectivity index (χ2v) is 11.3. The number of carbonyl (C=O) groups excluding carboxylic acids is 1. The van der Waals surface area contributed by atoms with Crippen molar-refractivity contribution in [2.24, 2.45) is 0 Å². The molecule has 0 bridgehead atoms. The second-order valence-electron chi connectivity index (χ2n) is 11.3. The van der Waals surface area contributed by atoms with Gasteiger partial charge in [0.15, 0.2) is 0 Å². The van der Waals surface area contributed by atoms with Crippen molar-refractivity contribution >= 4 is 6.09 Å². The number of hydrogen-bond acceptors (Lipinski definition) is 4. The maximum absolute atomic E-state index is 12.6. The molecule has 2 atom stereocenters. The first kappa shape index (κ1) is 27.9. The van der Waals surface area contributed by atoms with Gasteiger partial charge in [-0.2, -0.15) is 0 Å². The predicted molar refractivity (Wildman–Crippen MR) is 153 cm³/mol. The second kappa shape index (κ2) is 11.7. The number of aliphatic hydroxyl groups is 2. The number of alkyl carbamates (subject to hydrolysis) is 1. The van der Waals surface area contributed by atoms with Crippen LogP contribution in [0, 0.1) is 0 Å². The largest absolute Gasteiger partial charge is 0.449 e. The van der Waals surface area contributed by atoms with Crippen LogP contribution in [0.15, 0.2) is 60.7 Å². The molecule has 0 aromatic heterocycles. The molecular weight excluding hydrogens is 474 g/mol. The summed E-state index contributed by atoms with van der Waals surface area (Å²) in [4.78, 5) is 12.6. The molecule has 202 valence electrons. The van der Waals surface area contributed by atoms with Crippen molar-refractivity contribution in [3.8, 4) is 11.1 Å². The van der Waals surface area contributed by atoms with Crippen LogP contribution in [0.25, 0.3) is 11.1 Å². The van der Waals surface area contributed by atoms with Crippen molar-refractivity contribution in [2.75, 3.05) is 13.2 Å². The normalized spacial score (nSPS) is 14.5. The SMILES string of the molecule is CC(C)c1cc(C(C)C)c(C(O)C(O)CNC(=O)OCC2c3ccccc3-c3ccccc32)c(C(C)C)c1. The van der Waals surface area contributed by atoms with Crippen LogP contribution in [0.1, 0.15) is 105 Å². The third-order valence-corrected chi connectivity index (χ3v) is 7.64. The van der Waals surface area contributed by atoms with Gasteiger partial charge in [0.05, 0.1) is 0 Å². The lowest BCUT2D eigenvalue weighted by Crippen LogP contribution is -2.37. The molecule has 5 heteroatoms. The summed E-state index contributed by atoms with van der Waals surface area (Å²) in [5.41, 5.74) is 8.68. The molecule has 1 aliphatic rings. The van der Waals surface area contributed by atoms with Crippen molar-refractivity contribution in [1.29, 1.82) is 0 Å². The van der Waals surface area contributed by atoms with Gasteiger partial charge in [0, 0.05) is 12.5 Å². The van der Waals surface area contributed by atoms with Crippen LogP contribution >= 0.6 is 0 Å². The molecule has 3 N–H and O–H groups in total. The van der Waals surface area contributed by atoms with Gasteiger partial charge in [-0.3, -0.25) is 0 Å². The minimum absolute atomic E-state index is 0.0367. The Balaban J connectivity index is 1.43. The Morgan fingerprint density at radius 3 is 1.79 bits per heavy atom. The first-order chi connectivity index (χ1) is 18.1. The zero-order valence-corrected chi connectivity index (χ0v) is 23.4. The molecule has 1 amide bonds. The van der Waals surface area contributed by atoms with Crippen molar-refractivity contribution in [1.82, 2.24) is 5.32 Å². The van der Waals surface area contributed by atoms with E-state index in [0.29, 0.717) is 5.92 Å². The standard InChI is InChI=1S/C33H41NO4/c1-19(2)22-15-27(20(3)4)31(28(16-22)21(5)6)32(36)30(35)17-34-33(37)38-18-29-25-13-9-7-11-23(25)24-12-8-10-14-26(24)29/h7-16,19-21,29-30,32,35-36H,17-18H2,1-6H3,(H,34,37). The third kappa shape index (κ3) is 5.64. The molecule has 0 aliphatic heterocycles. The van der Waals surface area contributed by atoms with E-state index in [1.165, 1.54) is 16.7 Å². The first-order valence-electron chi connectivity index (χ1n) is 13.7. The summed E-state index contributed by atoms with van der Waals surface area (Å²) in [6.07, 6.45) is -2.91. The summed E-state index contributed by atoms with van der Waals surface area (Å²) in [5, 5.41) is 24.9. The van der Waals surface area contributed by atoms with E-state index < -0.39 is 18.3 Å². The van der Waals surface area contributed by atoms with Gasteiger partial charge in [-0.25, -0.2) is 4.79 Å². The van der Waals surface area contributed by atoms with Crippen LogP contribution in [-0.4, -0.2) is 35.6 Å². The van der Waals surface area contributed by atoms with Crippen LogP contribution in [0.2, 0.25) is 0 Å². The smallest absolute Gasteiger partial charge is 0.407 e. The minimum Gasteiger partial charge on any atom is -0.449 e. The van der Waals surface area contributed by atoms with Gasteiger partial charge in [-0.05, 0) is 62.3 Å². The van der Waals surface area contributed by atoms with Crippen LogP contribution in [0.3, 0.4) is 0 Å². The lowest BCUT2D eigenvalue weighted by atomic mass is 9.81. The fourth-order valence-corrected chi connectivity index (χ4v) is 5.49. The van der Waals surface area contributed by atoms with Crippen molar-refractivity contribution in [3.05, 3.63) is 94.0 Å².